The first-order chi connectivity index (χ1) is 11.7. The van der Waals surface area contributed by atoms with Crippen molar-refractivity contribution in [1.82, 2.24) is 10.6 Å². The SMILES string of the molecule is CCSC1(CNC(=NC)NCCc2cccc(Cl)c2)CCOCC1.I. The Morgan fingerprint density at radius 2 is 2.08 bits per heavy atom. The third-order valence-corrected chi connectivity index (χ3v) is 5.94. The summed E-state index contributed by atoms with van der Waals surface area (Å²) in [6.45, 7) is 5.69. The fraction of sp³-hybridized carbons (Fsp3) is 0.611. The number of aliphatic imine (C=N–C) groups is 1. The molecule has 0 saturated carbocycles. The van der Waals surface area contributed by atoms with Crippen LogP contribution >= 0.6 is 47.3 Å². The van der Waals surface area contributed by atoms with Crippen molar-refractivity contribution < 1.29 is 4.74 Å². The third kappa shape index (κ3) is 7.93. The molecule has 1 aromatic rings. The van der Waals surface area contributed by atoms with Crippen LogP contribution in [0.1, 0.15) is 25.3 Å². The van der Waals surface area contributed by atoms with Gasteiger partial charge in [-0.3, -0.25) is 4.99 Å². The van der Waals surface area contributed by atoms with Gasteiger partial charge in [0.1, 0.15) is 0 Å². The quantitative estimate of drug-likeness (QED) is 0.340. The number of benzene rings is 1. The van der Waals surface area contributed by atoms with E-state index in [4.69, 9.17) is 16.3 Å². The molecular weight excluding hydrogens is 469 g/mol. The topological polar surface area (TPSA) is 45.7 Å². The van der Waals surface area contributed by atoms with E-state index in [-0.39, 0.29) is 28.7 Å². The molecule has 2 rings (SSSR count). The number of nitrogens with zero attached hydrogens (tertiary/aromatic N) is 1. The van der Waals surface area contributed by atoms with Crippen LogP contribution in [0.2, 0.25) is 5.02 Å². The van der Waals surface area contributed by atoms with Crippen molar-refractivity contribution in [3.05, 3.63) is 34.9 Å². The lowest BCUT2D eigenvalue weighted by Gasteiger charge is -2.37. The van der Waals surface area contributed by atoms with E-state index in [1.807, 2.05) is 37.0 Å². The zero-order chi connectivity index (χ0) is 17.3. The first-order valence-electron chi connectivity index (χ1n) is 8.58. The van der Waals surface area contributed by atoms with Crippen LogP contribution in [0, 0.1) is 0 Å². The number of nitrogens with one attached hydrogen (secondary N) is 2. The largest absolute Gasteiger partial charge is 0.381 e. The summed E-state index contributed by atoms with van der Waals surface area (Å²) < 4.78 is 5.79. The molecule has 0 atom stereocenters. The summed E-state index contributed by atoms with van der Waals surface area (Å²) in [5.74, 6) is 1.99. The second-order valence-electron chi connectivity index (χ2n) is 5.96. The third-order valence-electron chi connectivity index (χ3n) is 4.25. The molecule has 1 aliphatic rings. The summed E-state index contributed by atoms with van der Waals surface area (Å²) in [5, 5.41) is 7.68. The summed E-state index contributed by atoms with van der Waals surface area (Å²) >= 11 is 8.06. The van der Waals surface area contributed by atoms with Crippen molar-refractivity contribution in [3.63, 3.8) is 0 Å². The minimum atomic E-state index is 0. The van der Waals surface area contributed by atoms with E-state index in [9.17, 15) is 0 Å². The van der Waals surface area contributed by atoms with Crippen molar-refractivity contribution in [2.75, 3.05) is 39.1 Å². The van der Waals surface area contributed by atoms with Crippen molar-refractivity contribution >= 4 is 53.3 Å². The first kappa shape index (κ1) is 22.9. The van der Waals surface area contributed by atoms with Gasteiger partial charge in [-0.1, -0.05) is 30.7 Å². The van der Waals surface area contributed by atoms with Crippen LogP contribution in [-0.2, 0) is 11.2 Å². The van der Waals surface area contributed by atoms with Gasteiger partial charge < -0.3 is 15.4 Å². The van der Waals surface area contributed by atoms with E-state index in [2.05, 4.69) is 28.6 Å². The normalized spacial score (nSPS) is 16.8. The van der Waals surface area contributed by atoms with Gasteiger partial charge >= 0.3 is 0 Å². The molecule has 0 bridgehead atoms. The second-order valence-corrected chi connectivity index (χ2v) is 8.13. The standard InChI is InChI=1S/C18H28ClN3OS.HI/c1-3-24-18(8-11-23-12-9-18)14-22-17(20-2)21-10-7-15-5-4-6-16(19)13-15;/h4-6,13H,3,7-12,14H2,1-2H3,(H2,20,21,22);1H. The van der Waals surface area contributed by atoms with Crippen molar-refractivity contribution in [3.8, 4) is 0 Å². The highest BCUT2D eigenvalue weighted by Crippen LogP contribution is 2.34. The molecule has 1 saturated heterocycles. The molecule has 1 fully saturated rings. The van der Waals surface area contributed by atoms with Gasteiger partial charge in [-0.25, -0.2) is 0 Å². The molecule has 0 radical (unpaired) electrons. The van der Waals surface area contributed by atoms with Gasteiger partial charge in [-0.05, 0) is 42.7 Å². The van der Waals surface area contributed by atoms with Gasteiger partial charge in [0.05, 0.1) is 0 Å². The molecular formula is C18H29ClIN3OS. The summed E-state index contributed by atoms with van der Waals surface area (Å²) in [7, 11) is 1.82. The summed E-state index contributed by atoms with van der Waals surface area (Å²) in [6.07, 6.45) is 3.11. The number of hydrogen-bond acceptors (Lipinski definition) is 3. The van der Waals surface area contributed by atoms with E-state index < -0.39 is 0 Å². The average molecular weight is 498 g/mol. The Morgan fingerprint density at radius 3 is 2.72 bits per heavy atom. The van der Waals surface area contributed by atoms with Gasteiger partial charge in [-0.2, -0.15) is 11.8 Å². The maximum Gasteiger partial charge on any atom is 0.191 e. The Kier molecular flexibility index (Phi) is 11.2. The van der Waals surface area contributed by atoms with E-state index in [1.54, 1.807) is 0 Å². The fourth-order valence-corrected chi connectivity index (χ4v) is 4.36. The van der Waals surface area contributed by atoms with Gasteiger partial charge in [0.25, 0.3) is 0 Å². The van der Waals surface area contributed by atoms with Crippen LogP contribution in [0.4, 0.5) is 0 Å². The molecule has 0 unspecified atom stereocenters. The first-order valence-corrected chi connectivity index (χ1v) is 9.94. The predicted octanol–water partition coefficient (Wildman–Crippen LogP) is 3.97. The minimum absolute atomic E-state index is 0. The molecule has 4 nitrogen and oxygen atoms in total. The number of guanidine groups is 1. The molecule has 0 spiro atoms. The Balaban J connectivity index is 0.00000312. The van der Waals surface area contributed by atoms with E-state index in [0.29, 0.717) is 0 Å². The molecule has 1 aromatic carbocycles. The van der Waals surface area contributed by atoms with Crippen molar-refractivity contribution in [2.24, 2.45) is 4.99 Å². The highest BCUT2D eigenvalue weighted by atomic mass is 127. The average Bonchev–Trinajstić information content (AvgIpc) is 2.59. The van der Waals surface area contributed by atoms with Gasteiger partial charge in [-0.15, -0.1) is 24.0 Å². The van der Waals surface area contributed by atoms with E-state index >= 15 is 0 Å². The van der Waals surface area contributed by atoms with Crippen LogP contribution in [0.3, 0.4) is 0 Å². The molecule has 142 valence electrons. The second kappa shape index (κ2) is 12.3. The summed E-state index contributed by atoms with van der Waals surface area (Å²) in [5.41, 5.74) is 1.23. The molecule has 0 amide bonds. The lowest BCUT2D eigenvalue weighted by Crippen LogP contribution is -2.48. The Labute approximate surface area is 177 Å². The molecule has 2 N–H and O–H groups in total. The number of thioether (sulfide) groups is 1. The molecule has 0 aromatic heterocycles. The predicted molar refractivity (Wildman–Crippen MR) is 121 cm³/mol. The lowest BCUT2D eigenvalue weighted by molar-refractivity contribution is 0.0782. The smallest absolute Gasteiger partial charge is 0.191 e. The van der Waals surface area contributed by atoms with Crippen LogP contribution in [0.5, 0.6) is 0 Å². The van der Waals surface area contributed by atoms with Crippen LogP contribution in [-0.4, -0.2) is 49.8 Å². The van der Waals surface area contributed by atoms with Crippen LogP contribution < -0.4 is 10.6 Å². The molecule has 1 heterocycles. The Hall–Kier alpha value is -0.180. The van der Waals surface area contributed by atoms with Crippen molar-refractivity contribution in [1.29, 1.82) is 0 Å². The number of halogens is 2. The Morgan fingerprint density at radius 1 is 1.32 bits per heavy atom. The number of ether oxygens (including phenoxy) is 1. The minimum Gasteiger partial charge on any atom is -0.381 e. The highest BCUT2D eigenvalue weighted by Gasteiger charge is 2.32. The summed E-state index contributed by atoms with van der Waals surface area (Å²) in [6, 6.07) is 7.99. The number of rotatable bonds is 7. The summed E-state index contributed by atoms with van der Waals surface area (Å²) in [4.78, 5) is 4.34. The molecule has 7 heteroatoms. The van der Waals surface area contributed by atoms with Gasteiger partial charge in [0.15, 0.2) is 5.96 Å². The zero-order valence-corrected chi connectivity index (χ0v) is 18.9. The van der Waals surface area contributed by atoms with E-state index in [0.717, 1.165) is 62.3 Å². The monoisotopic (exact) mass is 497 g/mol. The van der Waals surface area contributed by atoms with Crippen molar-refractivity contribution in [2.45, 2.75) is 30.9 Å². The number of hydrogen-bond donors (Lipinski definition) is 2. The lowest BCUT2D eigenvalue weighted by atomic mass is 9.99. The molecule has 0 aliphatic carbocycles. The fourth-order valence-electron chi connectivity index (χ4n) is 2.90. The van der Waals surface area contributed by atoms with Gasteiger partial charge in [0, 0.05) is 43.1 Å². The zero-order valence-electron chi connectivity index (χ0n) is 15.0. The highest BCUT2D eigenvalue weighted by molar-refractivity contribution is 14.0. The van der Waals surface area contributed by atoms with Crippen LogP contribution in [0.25, 0.3) is 0 Å². The maximum absolute atomic E-state index is 6.03. The molecule has 1 aliphatic heterocycles. The van der Waals surface area contributed by atoms with Gasteiger partial charge in [0.2, 0.25) is 0 Å². The Bertz CT molecular complexity index is 533. The van der Waals surface area contributed by atoms with Crippen LogP contribution in [0.15, 0.2) is 29.3 Å². The van der Waals surface area contributed by atoms with E-state index in [1.165, 1.54) is 5.56 Å². The molecule has 25 heavy (non-hydrogen) atoms. The maximum atomic E-state index is 6.03.